The van der Waals surface area contributed by atoms with Crippen LogP contribution in [0.15, 0.2) is 0 Å². The quantitative estimate of drug-likeness (QED) is 0.810. The van der Waals surface area contributed by atoms with E-state index in [0.29, 0.717) is 11.8 Å². The summed E-state index contributed by atoms with van der Waals surface area (Å²) in [6.07, 6.45) is 3.53. The van der Waals surface area contributed by atoms with Gasteiger partial charge in [-0.3, -0.25) is 0 Å². The summed E-state index contributed by atoms with van der Waals surface area (Å²) in [6.45, 7) is 7.62. The van der Waals surface area contributed by atoms with Gasteiger partial charge in [-0.15, -0.1) is 0 Å². The summed E-state index contributed by atoms with van der Waals surface area (Å²) in [5.74, 6) is 3.61. The molecule has 2 heterocycles. The first kappa shape index (κ1) is 12.7. The lowest BCUT2D eigenvalue weighted by Crippen LogP contribution is -2.54. The maximum absolute atomic E-state index is 6.52. The molecule has 0 bridgehead atoms. The molecule has 2 aliphatic rings. The number of nitrogens with two attached hydrogens (primary N) is 1. The van der Waals surface area contributed by atoms with Gasteiger partial charge in [0, 0.05) is 17.9 Å². The molecule has 0 aliphatic carbocycles. The van der Waals surface area contributed by atoms with Crippen LogP contribution in [0, 0.1) is 11.8 Å². The number of hydrogen-bond acceptors (Lipinski definition) is 3. The van der Waals surface area contributed by atoms with Crippen LogP contribution in [0.25, 0.3) is 0 Å². The van der Waals surface area contributed by atoms with Crippen molar-refractivity contribution in [3.05, 3.63) is 0 Å². The third-order valence-corrected chi connectivity index (χ3v) is 5.91. The Labute approximate surface area is 104 Å². The Morgan fingerprint density at radius 3 is 2.81 bits per heavy atom. The Hall–Kier alpha value is 0.270. The van der Waals surface area contributed by atoms with E-state index in [9.17, 15) is 0 Å². The second-order valence-corrected chi connectivity index (χ2v) is 7.15. The zero-order chi connectivity index (χ0) is 11.8. The normalized spacial score (nSPS) is 39.2. The molecule has 2 saturated heterocycles. The van der Waals surface area contributed by atoms with Crippen LogP contribution in [0.2, 0.25) is 0 Å². The lowest BCUT2D eigenvalue weighted by atomic mass is 9.70. The average molecular weight is 243 g/mol. The Bertz CT molecular complexity index is 246. The van der Waals surface area contributed by atoms with Crippen molar-refractivity contribution in [1.29, 1.82) is 0 Å². The number of ether oxygens (including phenoxy) is 1. The van der Waals surface area contributed by atoms with Crippen molar-refractivity contribution in [2.75, 3.05) is 18.1 Å². The number of hydrogen-bond donors (Lipinski definition) is 1. The lowest BCUT2D eigenvalue weighted by Gasteiger charge is -2.46. The molecule has 3 heteroatoms. The fraction of sp³-hybridized carbons (Fsp3) is 1.00. The lowest BCUT2D eigenvalue weighted by molar-refractivity contribution is -0.0948. The first-order chi connectivity index (χ1) is 7.46. The summed E-state index contributed by atoms with van der Waals surface area (Å²) in [4.78, 5) is 0. The number of rotatable bonds is 2. The summed E-state index contributed by atoms with van der Waals surface area (Å²) in [6, 6.07) is 0. The van der Waals surface area contributed by atoms with Gasteiger partial charge in [-0.05, 0) is 43.8 Å². The van der Waals surface area contributed by atoms with Crippen molar-refractivity contribution in [2.24, 2.45) is 17.6 Å². The van der Waals surface area contributed by atoms with Crippen LogP contribution in [0.3, 0.4) is 0 Å². The van der Waals surface area contributed by atoms with Gasteiger partial charge in [-0.2, -0.15) is 11.8 Å². The van der Waals surface area contributed by atoms with Crippen LogP contribution in [-0.2, 0) is 4.74 Å². The predicted molar refractivity (Wildman–Crippen MR) is 70.8 cm³/mol. The molecule has 0 aromatic carbocycles. The van der Waals surface area contributed by atoms with Crippen LogP contribution < -0.4 is 5.73 Å². The molecule has 2 aliphatic heterocycles. The van der Waals surface area contributed by atoms with Crippen molar-refractivity contribution in [3.63, 3.8) is 0 Å². The maximum Gasteiger partial charge on any atom is 0.0783 e. The van der Waals surface area contributed by atoms with Crippen molar-refractivity contribution < 1.29 is 4.74 Å². The summed E-state index contributed by atoms with van der Waals surface area (Å²) in [7, 11) is 0. The Balaban J connectivity index is 2.06. The minimum Gasteiger partial charge on any atom is -0.374 e. The van der Waals surface area contributed by atoms with E-state index >= 15 is 0 Å². The Kier molecular flexibility index (Phi) is 3.58. The molecular weight excluding hydrogens is 218 g/mol. The molecule has 2 nitrogen and oxygen atoms in total. The molecule has 2 rings (SSSR count). The van der Waals surface area contributed by atoms with E-state index in [0.717, 1.165) is 13.0 Å². The molecule has 0 aromatic rings. The summed E-state index contributed by atoms with van der Waals surface area (Å²) < 4.78 is 6.06. The third-order valence-electron chi connectivity index (χ3n) is 4.68. The molecule has 1 spiro atoms. The van der Waals surface area contributed by atoms with Crippen LogP contribution in [0.1, 0.15) is 40.0 Å². The van der Waals surface area contributed by atoms with Crippen molar-refractivity contribution in [2.45, 2.75) is 51.2 Å². The largest absolute Gasteiger partial charge is 0.374 e. The van der Waals surface area contributed by atoms with Crippen molar-refractivity contribution in [1.82, 2.24) is 0 Å². The maximum atomic E-state index is 6.52. The van der Waals surface area contributed by atoms with Crippen molar-refractivity contribution in [3.8, 4) is 0 Å². The minimum atomic E-state index is -0.0377. The van der Waals surface area contributed by atoms with Gasteiger partial charge in [-0.25, -0.2) is 0 Å². The molecule has 2 fully saturated rings. The average Bonchev–Trinajstić information content (AvgIpc) is 2.66. The van der Waals surface area contributed by atoms with E-state index in [4.69, 9.17) is 10.5 Å². The molecule has 94 valence electrons. The van der Waals surface area contributed by atoms with E-state index in [-0.39, 0.29) is 11.1 Å². The van der Waals surface area contributed by atoms with Gasteiger partial charge < -0.3 is 10.5 Å². The topological polar surface area (TPSA) is 35.2 Å². The minimum absolute atomic E-state index is 0.0377. The van der Waals surface area contributed by atoms with Gasteiger partial charge in [0.25, 0.3) is 0 Å². The fourth-order valence-electron chi connectivity index (χ4n) is 2.89. The van der Waals surface area contributed by atoms with E-state index < -0.39 is 0 Å². The standard InChI is InChI=1S/C13H25NOS/c1-10(2)12(3,14)11-4-6-15-13(8-11)5-7-16-9-13/h10-11H,4-9,14H2,1-3H3. The smallest absolute Gasteiger partial charge is 0.0783 e. The molecule has 0 radical (unpaired) electrons. The molecule has 3 atom stereocenters. The first-order valence-electron chi connectivity index (χ1n) is 6.47. The highest BCUT2D eigenvalue weighted by Gasteiger charge is 2.45. The summed E-state index contributed by atoms with van der Waals surface area (Å²) in [5.41, 5.74) is 6.65. The summed E-state index contributed by atoms with van der Waals surface area (Å²) in [5, 5.41) is 0. The highest BCUT2D eigenvalue weighted by Crippen LogP contribution is 2.44. The SMILES string of the molecule is CC(C)C(C)(N)C1CCOC2(CCSC2)C1. The zero-order valence-electron chi connectivity index (χ0n) is 10.8. The highest BCUT2D eigenvalue weighted by atomic mass is 32.2. The van der Waals surface area contributed by atoms with Crippen LogP contribution in [0.4, 0.5) is 0 Å². The number of thioether (sulfide) groups is 1. The van der Waals surface area contributed by atoms with Crippen LogP contribution >= 0.6 is 11.8 Å². The fourth-order valence-corrected chi connectivity index (χ4v) is 4.27. The van der Waals surface area contributed by atoms with Crippen LogP contribution in [-0.4, -0.2) is 29.3 Å². The molecule has 3 unspecified atom stereocenters. The molecule has 2 N–H and O–H groups in total. The zero-order valence-corrected chi connectivity index (χ0v) is 11.6. The van der Waals surface area contributed by atoms with Crippen LogP contribution in [0.5, 0.6) is 0 Å². The molecule has 0 aromatic heterocycles. The predicted octanol–water partition coefficient (Wildman–Crippen LogP) is 2.66. The van der Waals surface area contributed by atoms with Gasteiger partial charge >= 0.3 is 0 Å². The van der Waals surface area contributed by atoms with E-state index in [1.54, 1.807) is 0 Å². The van der Waals surface area contributed by atoms with Gasteiger partial charge in [0.05, 0.1) is 5.60 Å². The second-order valence-electron chi connectivity index (χ2n) is 6.04. The molecule has 0 amide bonds. The van der Waals surface area contributed by atoms with E-state index in [1.807, 2.05) is 11.8 Å². The Morgan fingerprint density at radius 2 is 2.25 bits per heavy atom. The monoisotopic (exact) mass is 243 g/mol. The molecule has 16 heavy (non-hydrogen) atoms. The van der Waals surface area contributed by atoms with Gasteiger partial charge in [0.15, 0.2) is 0 Å². The van der Waals surface area contributed by atoms with E-state index in [2.05, 4.69) is 20.8 Å². The van der Waals surface area contributed by atoms with Gasteiger partial charge in [0.2, 0.25) is 0 Å². The van der Waals surface area contributed by atoms with Gasteiger partial charge in [0.1, 0.15) is 0 Å². The second kappa shape index (κ2) is 4.51. The van der Waals surface area contributed by atoms with Crippen molar-refractivity contribution >= 4 is 11.8 Å². The van der Waals surface area contributed by atoms with E-state index in [1.165, 1.54) is 24.3 Å². The molecule has 0 saturated carbocycles. The third kappa shape index (κ3) is 2.27. The first-order valence-corrected chi connectivity index (χ1v) is 7.62. The molecular formula is C13H25NOS. The summed E-state index contributed by atoms with van der Waals surface area (Å²) >= 11 is 2.03. The van der Waals surface area contributed by atoms with Gasteiger partial charge in [-0.1, -0.05) is 13.8 Å². The Morgan fingerprint density at radius 1 is 1.50 bits per heavy atom. The highest BCUT2D eigenvalue weighted by molar-refractivity contribution is 7.99.